The number of alkyl halides is 3. The number of para-hydroxylation sites is 1. The zero-order valence-corrected chi connectivity index (χ0v) is 11.9. The van der Waals surface area contributed by atoms with E-state index < -0.39 is 11.7 Å². The van der Waals surface area contributed by atoms with Crippen LogP contribution >= 0.6 is 0 Å². The van der Waals surface area contributed by atoms with Gasteiger partial charge >= 0.3 is 6.18 Å². The topological polar surface area (TPSA) is 33.1 Å². The van der Waals surface area contributed by atoms with Gasteiger partial charge < -0.3 is 5.11 Å². The van der Waals surface area contributed by atoms with Gasteiger partial charge in [-0.15, -0.1) is 0 Å². The van der Waals surface area contributed by atoms with Crippen molar-refractivity contribution in [2.75, 3.05) is 0 Å². The summed E-state index contributed by atoms with van der Waals surface area (Å²) in [6, 6.07) is 13.7. The normalized spacial score (nSPS) is 12.1. The van der Waals surface area contributed by atoms with Crippen LogP contribution < -0.4 is 0 Å². The first-order valence-electron chi connectivity index (χ1n) is 6.87. The highest BCUT2D eigenvalue weighted by molar-refractivity contribution is 5.85. The summed E-state index contributed by atoms with van der Waals surface area (Å²) in [5.74, 6) is 0.0665. The van der Waals surface area contributed by atoms with Crippen LogP contribution in [0.15, 0.2) is 54.6 Å². The van der Waals surface area contributed by atoms with E-state index in [1.165, 1.54) is 12.1 Å². The van der Waals surface area contributed by atoms with Crippen molar-refractivity contribution >= 4 is 23.1 Å². The molecule has 2 aromatic carbocycles. The average molecular weight is 315 g/mol. The van der Waals surface area contributed by atoms with Gasteiger partial charge in [0.1, 0.15) is 11.3 Å². The largest absolute Gasteiger partial charge is 0.506 e. The predicted octanol–water partition coefficient (Wildman–Crippen LogP) is 5.13. The van der Waals surface area contributed by atoms with Gasteiger partial charge in [0.25, 0.3) is 0 Å². The van der Waals surface area contributed by atoms with E-state index in [0.29, 0.717) is 16.8 Å². The second-order valence-electron chi connectivity index (χ2n) is 5.04. The summed E-state index contributed by atoms with van der Waals surface area (Å²) >= 11 is 0. The van der Waals surface area contributed by atoms with Gasteiger partial charge in [-0.05, 0) is 35.9 Å². The lowest BCUT2D eigenvalue weighted by Gasteiger charge is -2.06. The third kappa shape index (κ3) is 3.34. The Morgan fingerprint density at radius 1 is 0.913 bits per heavy atom. The van der Waals surface area contributed by atoms with E-state index in [0.717, 1.165) is 17.5 Å². The Morgan fingerprint density at radius 3 is 2.48 bits per heavy atom. The fourth-order valence-electron chi connectivity index (χ4n) is 2.24. The van der Waals surface area contributed by atoms with Crippen molar-refractivity contribution in [3.8, 4) is 5.75 Å². The van der Waals surface area contributed by atoms with Gasteiger partial charge in [-0.3, -0.25) is 0 Å². The molecule has 23 heavy (non-hydrogen) atoms. The van der Waals surface area contributed by atoms with E-state index in [9.17, 15) is 18.3 Å². The zero-order valence-electron chi connectivity index (χ0n) is 11.9. The molecule has 0 aliphatic carbocycles. The van der Waals surface area contributed by atoms with Crippen LogP contribution in [0.5, 0.6) is 5.75 Å². The highest BCUT2D eigenvalue weighted by Gasteiger charge is 2.30. The van der Waals surface area contributed by atoms with Crippen LogP contribution in [0, 0.1) is 0 Å². The van der Waals surface area contributed by atoms with Crippen molar-refractivity contribution < 1.29 is 18.3 Å². The lowest BCUT2D eigenvalue weighted by molar-refractivity contribution is -0.137. The smallest absolute Gasteiger partial charge is 0.416 e. The van der Waals surface area contributed by atoms with Gasteiger partial charge in [0, 0.05) is 5.39 Å². The highest BCUT2D eigenvalue weighted by Crippen LogP contribution is 2.30. The second-order valence-corrected chi connectivity index (χ2v) is 5.04. The van der Waals surface area contributed by atoms with Crippen molar-refractivity contribution in [2.45, 2.75) is 6.18 Å². The molecule has 0 spiro atoms. The van der Waals surface area contributed by atoms with Crippen LogP contribution in [0.3, 0.4) is 0 Å². The lowest BCUT2D eigenvalue weighted by Crippen LogP contribution is -2.04. The number of phenols is 1. The van der Waals surface area contributed by atoms with Gasteiger partial charge in [-0.1, -0.05) is 36.4 Å². The average Bonchev–Trinajstić information content (AvgIpc) is 2.53. The quantitative estimate of drug-likeness (QED) is 0.711. The zero-order chi connectivity index (χ0) is 16.4. The fraction of sp³-hybridized carbons (Fsp3) is 0.0556. The molecule has 2 nitrogen and oxygen atoms in total. The Labute approximate surface area is 130 Å². The molecule has 116 valence electrons. The monoisotopic (exact) mass is 315 g/mol. The molecule has 0 saturated carbocycles. The van der Waals surface area contributed by atoms with E-state index in [1.807, 2.05) is 6.07 Å². The number of fused-ring (bicyclic) bond motifs is 1. The molecule has 0 fully saturated rings. The molecular weight excluding hydrogens is 303 g/mol. The summed E-state index contributed by atoms with van der Waals surface area (Å²) in [5, 5.41) is 10.6. The van der Waals surface area contributed by atoms with Gasteiger partial charge in [-0.2, -0.15) is 13.2 Å². The molecule has 5 heteroatoms. The van der Waals surface area contributed by atoms with Crippen LogP contribution in [0.25, 0.3) is 23.1 Å². The molecule has 0 atom stereocenters. The third-order valence-corrected chi connectivity index (χ3v) is 3.38. The number of aromatic nitrogens is 1. The number of hydrogen-bond donors (Lipinski definition) is 1. The summed E-state index contributed by atoms with van der Waals surface area (Å²) in [4.78, 5) is 4.30. The summed E-state index contributed by atoms with van der Waals surface area (Å²) < 4.78 is 38.1. The first-order chi connectivity index (χ1) is 10.9. The number of phenolic OH excluding ortho intramolecular Hbond substituents is 1. The molecule has 3 aromatic rings. The molecular formula is C18H12F3NO. The molecule has 0 radical (unpaired) electrons. The number of aromatic hydroxyl groups is 1. The van der Waals surface area contributed by atoms with Crippen LogP contribution in [-0.4, -0.2) is 10.1 Å². The number of halogens is 3. The first-order valence-corrected chi connectivity index (χ1v) is 6.87. The van der Waals surface area contributed by atoms with Crippen molar-refractivity contribution in [2.24, 2.45) is 0 Å². The van der Waals surface area contributed by atoms with Crippen LogP contribution in [-0.2, 0) is 6.18 Å². The van der Waals surface area contributed by atoms with Gasteiger partial charge in [0.05, 0.1) is 11.3 Å². The molecule has 3 rings (SSSR count). The molecule has 0 amide bonds. The standard InChI is InChI=1S/C18H12F3NO/c19-18(20,21)14-5-1-3-12(11-14)7-9-15-10-8-13-4-2-6-16(23)17(13)22-15/h1-11,23H/b9-7+. The van der Waals surface area contributed by atoms with Gasteiger partial charge in [-0.25, -0.2) is 4.98 Å². The Kier molecular flexibility index (Phi) is 3.78. The minimum Gasteiger partial charge on any atom is -0.506 e. The Bertz CT molecular complexity index is 885. The minimum absolute atomic E-state index is 0.0665. The fourth-order valence-corrected chi connectivity index (χ4v) is 2.24. The molecule has 0 bridgehead atoms. The highest BCUT2D eigenvalue weighted by atomic mass is 19.4. The Hall–Kier alpha value is -2.82. The van der Waals surface area contributed by atoms with E-state index in [4.69, 9.17) is 0 Å². The lowest BCUT2D eigenvalue weighted by atomic mass is 10.1. The van der Waals surface area contributed by atoms with Crippen LogP contribution in [0.2, 0.25) is 0 Å². The van der Waals surface area contributed by atoms with Gasteiger partial charge in [0.2, 0.25) is 0 Å². The maximum Gasteiger partial charge on any atom is 0.416 e. The van der Waals surface area contributed by atoms with Crippen molar-refractivity contribution in [1.29, 1.82) is 0 Å². The summed E-state index contributed by atoms with van der Waals surface area (Å²) in [6.45, 7) is 0. The number of rotatable bonds is 2. The van der Waals surface area contributed by atoms with E-state index in [2.05, 4.69) is 4.98 Å². The SMILES string of the molecule is Oc1cccc2ccc(/C=C/c3cccc(C(F)(F)F)c3)nc12. The molecule has 1 aromatic heterocycles. The maximum absolute atomic E-state index is 12.7. The predicted molar refractivity (Wildman–Crippen MR) is 83.8 cm³/mol. The number of pyridine rings is 1. The maximum atomic E-state index is 12.7. The summed E-state index contributed by atoms with van der Waals surface area (Å²) in [7, 11) is 0. The number of nitrogens with zero attached hydrogens (tertiary/aromatic N) is 1. The summed E-state index contributed by atoms with van der Waals surface area (Å²) in [5.41, 5.74) is 0.748. The number of benzene rings is 2. The Morgan fingerprint density at radius 2 is 1.70 bits per heavy atom. The number of hydrogen-bond acceptors (Lipinski definition) is 2. The first kappa shape index (κ1) is 15.1. The molecule has 1 heterocycles. The van der Waals surface area contributed by atoms with E-state index in [-0.39, 0.29) is 5.75 Å². The van der Waals surface area contributed by atoms with Crippen LogP contribution in [0.4, 0.5) is 13.2 Å². The molecule has 0 saturated heterocycles. The van der Waals surface area contributed by atoms with Crippen molar-refractivity contribution in [3.63, 3.8) is 0 Å². The van der Waals surface area contributed by atoms with Crippen LogP contribution in [0.1, 0.15) is 16.8 Å². The molecule has 0 aliphatic rings. The molecule has 0 aliphatic heterocycles. The second kappa shape index (κ2) is 5.76. The summed E-state index contributed by atoms with van der Waals surface area (Å²) in [6.07, 6.45) is -1.19. The van der Waals surface area contributed by atoms with Crippen molar-refractivity contribution in [3.05, 3.63) is 71.4 Å². The van der Waals surface area contributed by atoms with Gasteiger partial charge in [0.15, 0.2) is 0 Å². The minimum atomic E-state index is -4.36. The molecule has 0 unspecified atom stereocenters. The van der Waals surface area contributed by atoms with E-state index in [1.54, 1.807) is 36.4 Å². The van der Waals surface area contributed by atoms with Crippen molar-refractivity contribution in [1.82, 2.24) is 4.98 Å². The van der Waals surface area contributed by atoms with E-state index >= 15 is 0 Å². The third-order valence-electron chi connectivity index (χ3n) is 3.38. The molecule has 1 N–H and O–H groups in total. The Balaban J connectivity index is 1.93.